The molecule has 1 rings (SSSR count). The predicted octanol–water partition coefficient (Wildman–Crippen LogP) is 2.31. The van der Waals surface area contributed by atoms with Crippen LogP contribution in [-0.4, -0.2) is 45.2 Å². The van der Waals surface area contributed by atoms with Crippen molar-refractivity contribution in [3.63, 3.8) is 0 Å². The van der Waals surface area contributed by atoms with Gasteiger partial charge in [-0.25, -0.2) is 0 Å². The van der Waals surface area contributed by atoms with Crippen LogP contribution in [0.15, 0.2) is 23.4 Å². The summed E-state index contributed by atoms with van der Waals surface area (Å²) in [5.74, 6) is 0. The Labute approximate surface area is 98.5 Å². The summed E-state index contributed by atoms with van der Waals surface area (Å²) in [6.07, 6.45) is -2.03. The highest BCUT2D eigenvalue weighted by atomic mass is 19.4. The molecule has 17 heavy (non-hydrogen) atoms. The van der Waals surface area contributed by atoms with E-state index in [-0.39, 0.29) is 6.42 Å². The fourth-order valence-electron chi connectivity index (χ4n) is 1.68. The summed E-state index contributed by atoms with van der Waals surface area (Å²) in [5.41, 5.74) is 1.36. The molecule has 0 aromatic rings. The van der Waals surface area contributed by atoms with E-state index in [2.05, 4.69) is 4.74 Å². The van der Waals surface area contributed by atoms with Crippen LogP contribution in [0.2, 0.25) is 0 Å². The molecule has 1 aliphatic carbocycles. The van der Waals surface area contributed by atoms with Crippen molar-refractivity contribution < 1.29 is 22.6 Å². The third-order valence-corrected chi connectivity index (χ3v) is 2.36. The molecule has 0 aromatic carbocycles. The van der Waals surface area contributed by atoms with Crippen LogP contribution in [0.3, 0.4) is 0 Å². The number of hydrogen-bond donors (Lipinski definition) is 0. The SMILES string of the molecule is COCC1=CCC(OC(F)(F)F)C(N(C)C)=C1. The molecule has 0 fully saturated rings. The fraction of sp³-hybridized carbons (Fsp3) is 0.636. The second kappa shape index (κ2) is 5.55. The number of alkyl halides is 3. The van der Waals surface area contributed by atoms with Crippen molar-refractivity contribution >= 4 is 0 Å². The molecule has 1 unspecified atom stereocenters. The molecule has 0 radical (unpaired) electrons. The number of methoxy groups -OCH3 is 1. The normalized spacial score (nSPS) is 20.9. The van der Waals surface area contributed by atoms with E-state index in [1.165, 1.54) is 0 Å². The summed E-state index contributed by atoms with van der Waals surface area (Å²) in [4.78, 5) is 1.62. The van der Waals surface area contributed by atoms with Crippen molar-refractivity contribution in [2.24, 2.45) is 0 Å². The van der Waals surface area contributed by atoms with Gasteiger partial charge in [0.05, 0.1) is 6.61 Å². The molecule has 0 heterocycles. The Bertz CT molecular complexity index is 321. The van der Waals surface area contributed by atoms with E-state index in [0.29, 0.717) is 12.3 Å². The van der Waals surface area contributed by atoms with Gasteiger partial charge in [0.25, 0.3) is 0 Å². The molecule has 0 bridgehead atoms. The number of halogens is 3. The van der Waals surface area contributed by atoms with Crippen molar-refractivity contribution in [3.05, 3.63) is 23.4 Å². The summed E-state index contributed by atoms with van der Waals surface area (Å²) in [7, 11) is 4.92. The lowest BCUT2D eigenvalue weighted by Gasteiger charge is -2.29. The zero-order valence-corrected chi connectivity index (χ0v) is 10.0. The van der Waals surface area contributed by atoms with Crippen LogP contribution in [0.1, 0.15) is 6.42 Å². The van der Waals surface area contributed by atoms with Gasteiger partial charge in [0, 0.05) is 26.9 Å². The van der Waals surface area contributed by atoms with Gasteiger partial charge in [-0.15, -0.1) is 13.2 Å². The summed E-state index contributed by atoms with van der Waals surface area (Å²) in [6.45, 7) is 0.385. The fourth-order valence-corrected chi connectivity index (χ4v) is 1.68. The molecule has 0 aromatic heterocycles. The quantitative estimate of drug-likeness (QED) is 0.765. The molecule has 98 valence electrons. The Morgan fingerprint density at radius 3 is 2.53 bits per heavy atom. The molecule has 0 N–H and O–H groups in total. The molecule has 1 aliphatic rings. The number of rotatable bonds is 4. The summed E-state index contributed by atoms with van der Waals surface area (Å²) >= 11 is 0. The third kappa shape index (κ3) is 4.40. The van der Waals surface area contributed by atoms with E-state index in [1.807, 2.05) is 0 Å². The molecular formula is C11H16F3NO2. The van der Waals surface area contributed by atoms with E-state index in [4.69, 9.17) is 4.74 Å². The first-order chi connectivity index (χ1) is 7.83. The van der Waals surface area contributed by atoms with Gasteiger partial charge < -0.3 is 9.64 Å². The van der Waals surface area contributed by atoms with Gasteiger partial charge in [0.2, 0.25) is 0 Å². The maximum Gasteiger partial charge on any atom is 0.523 e. The Kier molecular flexibility index (Phi) is 4.59. The van der Waals surface area contributed by atoms with Crippen molar-refractivity contribution in [3.8, 4) is 0 Å². The number of hydrogen-bond acceptors (Lipinski definition) is 3. The van der Waals surface area contributed by atoms with Crippen LogP contribution in [0.5, 0.6) is 0 Å². The minimum atomic E-state index is -4.62. The van der Waals surface area contributed by atoms with E-state index in [9.17, 15) is 13.2 Å². The highest BCUT2D eigenvalue weighted by molar-refractivity contribution is 5.30. The summed E-state index contributed by atoms with van der Waals surface area (Å²) < 4.78 is 45.7. The molecular weight excluding hydrogens is 235 g/mol. The number of nitrogens with zero attached hydrogens (tertiary/aromatic N) is 1. The highest BCUT2D eigenvalue weighted by Gasteiger charge is 2.36. The first-order valence-electron chi connectivity index (χ1n) is 5.15. The highest BCUT2D eigenvalue weighted by Crippen LogP contribution is 2.28. The summed E-state index contributed by atoms with van der Waals surface area (Å²) in [6, 6.07) is 0. The van der Waals surface area contributed by atoms with Crippen LogP contribution >= 0.6 is 0 Å². The van der Waals surface area contributed by atoms with Gasteiger partial charge in [-0.2, -0.15) is 0 Å². The Hall–Kier alpha value is -1.01. The van der Waals surface area contributed by atoms with E-state index in [1.54, 1.807) is 38.3 Å². The third-order valence-electron chi connectivity index (χ3n) is 2.36. The second-order valence-corrected chi connectivity index (χ2v) is 3.96. The lowest BCUT2D eigenvalue weighted by atomic mass is 10.0. The maximum atomic E-state index is 12.2. The molecule has 3 nitrogen and oxygen atoms in total. The van der Waals surface area contributed by atoms with Crippen LogP contribution in [-0.2, 0) is 9.47 Å². The average molecular weight is 251 g/mol. The molecule has 1 atom stereocenters. The van der Waals surface area contributed by atoms with Gasteiger partial charge in [0.15, 0.2) is 0 Å². The molecule has 0 saturated heterocycles. The van der Waals surface area contributed by atoms with Crippen molar-refractivity contribution in [2.45, 2.75) is 18.9 Å². The smallest absolute Gasteiger partial charge is 0.380 e. The van der Waals surface area contributed by atoms with Crippen molar-refractivity contribution in [1.82, 2.24) is 4.90 Å². The minimum absolute atomic E-state index is 0.197. The van der Waals surface area contributed by atoms with Gasteiger partial charge in [-0.3, -0.25) is 4.74 Å². The van der Waals surface area contributed by atoms with Crippen molar-refractivity contribution in [1.29, 1.82) is 0 Å². The topological polar surface area (TPSA) is 21.7 Å². The van der Waals surface area contributed by atoms with E-state index >= 15 is 0 Å². The lowest BCUT2D eigenvalue weighted by Crippen LogP contribution is -2.32. The largest absolute Gasteiger partial charge is 0.523 e. The monoisotopic (exact) mass is 251 g/mol. The zero-order valence-electron chi connectivity index (χ0n) is 10.0. The number of likely N-dealkylation sites (N-methyl/N-ethyl adjacent to an activating group) is 1. The van der Waals surface area contributed by atoms with Crippen LogP contribution < -0.4 is 0 Å². The second-order valence-electron chi connectivity index (χ2n) is 3.96. The average Bonchev–Trinajstić information content (AvgIpc) is 2.18. The predicted molar refractivity (Wildman–Crippen MR) is 57.3 cm³/mol. The Balaban J connectivity index is 2.80. The van der Waals surface area contributed by atoms with Gasteiger partial charge >= 0.3 is 6.36 Å². The van der Waals surface area contributed by atoms with Crippen LogP contribution in [0, 0.1) is 0 Å². The maximum absolute atomic E-state index is 12.2. The van der Waals surface area contributed by atoms with Crippen LogP contribution in [0.25, 0.3) is 0 Å². The molecule has 0 amide bonds. The molecule has 0 saturated carbocycles. The van der Waals surface area contributed by atoms with Gasteiger partial charge in [0.1, 0.15) is 6.10 Å². The Morgan fingerprint density at radius 1 is 1.41 bits per heavy atom. The molecule has 0 spiro atoms. The van der Waals surface area contributed by atoms with E-state index in [0.717, 1.165) is 5.57 Å². The lowest BCUT2D eigenvalue weighted by molar-refractivity contribution is -0.338. The van der Waals surface area contributed by atoms with Crippen molar-refractivity contribution in [2.75, 3.05) is 27.8 Å². The first-order valence-corrected chi connectivity index (χ1v) is 5.15. The number of ether oxygens (including phenoxy) is 2. The molecule has 0 aliphatic heterocycles. The molecule has 6 heteroatoms. The van der Waals surface area contributed by atoms with E-state index < -0.39 is 12.5 Å². The van der Waals surface area contributed by atoms with Gasteiger partial charge in [-0.1, -0.05) is 6.08 Å². The standard InChI is InChI=1S/C11H16F3NO2/c1-15(2)9-6-8(7-16-3)4-5-10(9)17-11(12,13)14/h4,6,10H,5,7H2,1-3H3. The Morgan fingerprint density at radius 2 is 2.06 bits per heavy atom. The first kappa shape index (κ1) is 14.1. The summed E-state index contributed by atoms with van der Waals surface area (Å²) in [5, 5.41) is 0. The minimum Gasteiger partial charge on any atom is -0.380 e. The van der Waals surface area contributed by atoms with Gasteiger partial charge in [-0.05, 0) is 18.1 Å². The zero-order chi connectivity index (χ0) is 13.1. The van der Waals surface area contributed by atoms with Crippen LogP contribution in [0.4, 0.5) is 13.2 Å².